The third-order valence-electron chi connectivity index (χ3n) is 25.1. The van der Waals surface area contributed by atoms with Crippen LogP contribution in [-0.2, 0) is 9.53 Å². The van der Waals surface area contributed by atoms with Gasteiger partial charge in [0.15, 0.2) is 6.79 Å². The van der Waals surface area contributed by atoms with Crippen LogP contribution in [0.4, 0.5) is 0 Å². The molecule has 0 amide bonds. The van der Waals surface area contributed by atoms with Crippen molar-refractivity contribution in [2.45, 2.75) is 373 Å². The summed E-state index contributed by atoms with van der Waals surface area (Å²) in [5.74, 6) is 8.86. The average Bonchev–Trinajstić information content (AvgIpc) is 0.793. The van der Waals surface area contributed by atoms with E-state index in [2.05, 4.69) is 341 Å². The fourth-order valence-corrected chi connectivity index (χ4v) is 14.8. The van der Waals surface area contributed by atoms with Crippen molar-refractivity contribution in [2.24, 2.45) is 0 Å². The van der Waals surface area contributed by atoms with E-state index in [0.29, 0.717) is 66.0 Å². The van der Waals surface area contributed by atoms with Crippen molar-refractivity contribution in [3.8, 4) is 39.9 Å². The summed E-state index contributed by atoms with van der Waals surface area (Å²) < 4.78 is 32.5. The van der Waals surface area contributed by atoms with Crippen LogP contribution in [0.2, 0.25) is 0 Å². The quantitative estimate of drug-likeness (QED) is 0.0220. The van der Waals surface area contributed by atoms with Crippen LogP contribution in [0.15, 0.2) is 322 Å². The van der Waals surface area contributed by atoms with E-state index in [0.717, 1.165) is 35.8 Å². The molecule has 1 fully saturated rings. The van der Waals surface area contributed by atoms with E-state index in [1.54, 1.807) is 7.11 Å². The van der Waals surface area contributed by atoms with Gasteiger partial charge < -0.3 is 28.4 Å². The maximum absolute atomic E-state index is 10.7. The fourth-order valence-electron chi connectivity index (χ4n) is 14.8. The third-order valence-corrected chi connectivity index (χ3v) is 25.1. The second-order valence-electron chi connectivity index (χ2n) is 33.9. The number of para-hydroxylation sites is 1. The lowest BCUT2D eigenvalue weighted by molar-refractivity contribution is -0.131. The van der Waals surface area contributed by atoms with Gasteiger partial charge in [-0.25, -0.2) is 0 Å². The summed E-state index contributed by atoms with van der Waals surface area (Å²) in [4.78, 5) is 10.7. The van der Waals surface area contributed by atoms with Crippen LogP contribution in [0.3, 0.4) is 0 Å². The van der Waals surface area contributed by atoms with Crippen LogP contribution >= 0.6 is 0 Å². The maximum Gasteiger partial charge on any atom is 0.308 e. The molecule has 0 spiro atoms. The molecule has 1 aliphatic carbocycles. The number of rotatable bonds is 27. The van der Waals surface area contributed by atoms with Crippen molar-refractivity contribution < 1.29 is 33.2 Å². The van der Waals surface area contributed by atoms with Gasteiger partial charge in [-0.15, -0.1) is 0 Å². The Morgan fingerprint density at radius 2 is 0.535 bits per heavy atom. The van der Waals surface area contributed by atoms with E-state index < -0.39 is 0 Å². The Kier molecular flexibility index (Phi) is 86.0. The number of hydrogen-bond acceptors (Lipinski definition) is 7. The van der Waals surface area contributed by atoms with Gasteiger partial charge in [0.1, 0.15) is 28.7 Å². The van der Waals surface area contributed by atoms with E-state index >= 15 is 0 Å². The second-order valence-corrected chi connectivity index (χ2v) is 33.9. The third kappa shape index (κ3) is 49.6. The van der Waals surface area contributed by atoms with Crippen LogP contribution < -0.4 is 23.7 Å². The van der Waals surface area contributed by atoms with Crippen LogP contribution in [0.5, 0.6) is 28.7 Å². The van der Waals surface area contributed by atoms with Crippen molar-refractivity contribution in [1.29, 1.82) is 0 Å². The summed E-state index contributed by atoms with van der Waals surface area (Å²) >= 11 is 0. The number of fused-ring (bicyclic) bond motifs is 4. The van der Waals surface area contributed by atoms with Crippen LogP contribution in [0.1, 0.15) is 412 Å². The number of ether oxygens (including phenoxy) is 6. The zero-order chi connectivity index (χ0) is 90.4. The summed E-state index contributed by atoms with van der Waals surface area (Å²) in [5, 5.41) is 10.8. The van der Waals surface area contributed by atoms with E-state index in [1.807, 2.05) is 91.0 Å². The van der Waals surface area contributed by atoms with Crippen LogP contribution in [0.25, 0.3) is 54.2 Å². The highest BCUT2D eigenvalue weighted by atomic mass is 16.7. The van der Waals surface area contributed by atoms with Gasteiger partial charge in [-0.1, -0.05) is 498 Å². The first-order valence-corrected chi connectivity index (χ1v) is 46.9. The van der Waals surface area contributed by atoms with Gasteiger partial charge in [-0.05, 0) is 283 Å². The zero-order valence-electron chi connectivity index (χ0n) is 79.3. The first kappa shape index (κ1) is 148. The minimum absolute atomic E-state index is 0. The van der Waals surface area contributed by atoms with Crippen molar-refractivity contribution in [3.63, 3.8) is 0 Å². The highest BCUT2D eigenvalue weighted by Gasteiger charge is 2.16. The average molecular weight is 1950 g/mol. The Hall–Kier alpha value is -11.3. The van der Waals surface area contributed by atoms with Gasteiger partial charge in [-0.3, -0.25) is 4.79 Å². The number of carbonyl (C=O) groups is 1. The molecule has 792 valence electrons. The van der Waals surface area contributed by atoms with E-state index in [9.17, 15) is 4.79 Å². The molecular weight excluding hydrogens is 1730 g/mol. The molecule has 142 heavy (non-hydrogen) atoms. The minimum atomic E-state index is -0.277. The molecular formula is C135H210O7. The summed E-state index contributed by atoms with van der Waals surface area (Å²) in [6.07, 6.45) is 16.2. The Bertz CT molecular complexity index is 5320. The molecule has 0 aliphatic heterocycles. The number of esters is 1. The zero-order valence-corrected chi connectivity index (χ0v) is 79.3. The molecule has 0 heterocycles. The molecule has 8 unspecified atom stereocenters. The molecule has 15 rings (SSSR count). The van der Waals surface area contributed by atoms with Gasteiger partial charge in [0.25, 0.3) is 0 Å². The summed E-state index contributed by atoms with van der Waals surface area (Å²) in [6.45, 7) is 37.8. The van der Waals surface area contributed by atoms with Crippen molar-refractivity contribution in [1.82, 2.24) is 0 Å². The molecule has 1 saturated carbocycles. The van der Waals surface area contributed by atoms with Crippen molar-refractivity contribution >= 4 is 49.1 Å². The van der Waals surface area contributed by atoms with Crippen molar-refractivity contribution in [3.05, 3.63) is 366 Å². The predicted octanol–water partition coefficient (Wildman–Crippen LogP) is 45.1. The Morgan fingerprint density at radius 1 is 0.254 bits per heavy atom. The molecule has 0 aromatic heterocycles. The first-order valence-electron chi connectivity index (χ1n) is 46.9. The van der Waals surface area contributed by atoms with Crippen LogP contribution in [0, 0.1) is 0 Å². The molecule has 1 aliphatic rings. The molecule has 14 aromatic carbocycles. The van der Waals surface area contributed by atoms with E-state index in [4.69, 9.17) is 28.4 Å². The van der Waals surface area contributed by atoms with Gasteiger partial charge in [-0.2, -0.15) is 0 Å². The highest BCUT2D eigenvalue weighted by Crippen LogP contribution is 2.33. The molecule has 0 bridgehead atoms. The van der Waals surface area contributed by atoms with Crippen molar-refractivity contribution in [2.75, 3.05) is 20.7 Å². The fraction of sp³-hybridized carbons (Fsp3) is 0.430. The molecule has 14 aromatic rings. The standard InChI is InChI=1S/C18H18.C17H26O2.C17H20O2.C16H18.2C14H16.C12H16O2.C11H16O.16CH4/c1-3-13(2)14-8-9-17-11-15-6-4-5-7-16(15)12-18(17)10-14;2*1-3-14(2)15-9-11-17(12-10-15)19-13-18-16-7-5-4-6-8-16;1-3-13(2)14-9-11-16(12-10-14)15-7-5-4-6-8-15;1-3-11(2)13-10-6-8-12-7-4-5-9-14(12)13;1-3-11(2)13-9-8-12-6-4-5-7-14(12)10-13;1-4-9(2)11-5-7-12(8-6-11)14-10(3)13;1-4-9(2)10-5-7-11(12-3)8-6-10;;;;;;;;;;;;;;;;/h4-13H,3H2,1-2H3;9-12,14,16H,3-8,13H2,1-2H3;4-12,14H,3,13H2,1-2H3;4-13H,3H2,1-2H3;2*4-11H,3H2,1-2H3;5-9H,4H2,1-3H3;5-9H,4H2,1-3H3;16*1H4. The normalized spacial score (nSPS) is 11.9. The number of methoxy groups -OCH3 is 1. The van der Waals surface area contributed by atoms with E-state index in [-0.39, 0.29) is 132 Å². The van der Waals surface area contributed by atoms with Crippen LogP contribution in [-0.4, -0.2) is 32.8 Å². The molecule has 7 nitrogen and oxygen atoms in total. The molecule has 0 saturated heterocycles. The lowest BCUT2D eigenvalue weighted by atomic mass is 9.93. The number of benzene rings is 14. The van der Waals surface area contributed by atoms with Gasteiger partial charge in [0.05, 0.1) is 13.2 Å². The minimum Gasteiger partial charge on any atom is -0.497 e. The molecule has 0 radical (unpaired) electrons. The molecule has 7 heteroatoms. The second kappa shape index (κ2) is 82.2. The van der Waals surface area contributed by atoms with Gasteiger partial charge >= 0.3 is 5.97 Å². The Morgan fingerprint density at radius 3 is 0.930 bits per heavy atom. The summed E-state index contributed by atoms with van der Waals surface area (Å²) in [7, 11) is 1.69. The molecule has 8 atom stereocenters. The highest BCUT2D eigenvalue weighted by molar-refractivity contribution is 5.98. The van der Waals surface area contributed by atoms with Gasteiger partial charge in [0, 0.05) is 6.92 Å². The molecule has 0 N–H and O–H groups in total. The number of carbonyl (C=O) groups excluding carboxylic acids is 1. The Labute approximate surface area is 876 Å². The lowest BCUT2D eigenvalue weighted by Gasteiger charge is -2.22. The predicted molar refractivity (Wildman–Crippen MR) is 648 cm³/mol. The SMILES string of the molecule is C.C.C.C.C.C.C.C.C.C.C.C.C.C.C.C.CCC(C)c1ccc(-c2ccccc2)cc1.CCC(C)c1ccc(OC(C)=O)cc1.CCC(C)c1ccc(OC)cc1.CCC(C)c1ccc(OCOC2CCCCC2)cc1.CCC(C)c1ccc(OCOc2ccccc2)cc1.CCC(C)c1ccc2cc3ccccc3cc2c1.CCC(C)c1ccc2ccccc2c1.CCC(C)c1cccc2ccccc12. The topological polar surface area (TPSA) is 72.5 Å². The van der Waals surface area contributed by atoms with Gasteiger partial charge in [0.2, 0.25) is 6.79 Å². The smallest absolute Gasteiger partial charge is 0.308 e. The first-order chi connectivity index (χ1) is 61.2. The maximum atomic E-state index is 10.7. The monoisotopic (exact) mass is 1940 g/mol. The van der Waals surface area contributed by atoms with E-state index in [1.165, 1.54) is 176 Å². The lowest BCUT2D eigenvalue weighted by Crippen LogP contribution is -2.19. The number of hydrogen-bond donors (Lipinski definition) is 0. The largest absolute Gasteiger partial charge is 0.497 e. The Balaban J connectivity index is -0.000000201. The summed E-state index contributed by atoms with van der Waals surface area (Å²) in [5.41, 5.74) is 13.8. The summed E-state index contributed by atoms with van der Waals surface area (Å²) in [6, 6.07) is 112.